The first kappa shape index (κ1) is 50.5. The van der Waals surface area contributed by atoms with Crippen LogP contribution >= 0.6 is 0 Å². The van der Waals surface area contributed by atoms with E-state index in [0.29, 0.717) is 12.0 Å². The minimum absolute atomic E-state index is 0.0918. The lowest BCUT2D eigenvalue weighted by Gasteiger charge is -2.51. The highest BCUT2D eigenvalue weighted by Gasteiger charge is 2.87. The van der Waals surface area contributed by atoms with E-state index in [9.17, 15) is 24.3 Å². The standard InChI is InChI=1S/C45H68O15/c1-26(2)35(47)54-33-32(55-42(15,16)52-17)43(24-23-27(3)31(53-29(5)46)28(4)25-30-21-19-18-20-22-30)56-34(36(48)57-39(6,7)8)44(51,37(49)58-40(9,10)11)45(33,60-43)38(50)59-41(12,13)14/h18-22,26,28,31-34,51H,3,23-25H2,1-2,4-17H3/t28?,31?,32-,33-,34-,43-,44-,45-/m1/s1. The van der Waals surface area contributed by atoms with Gasteiger partial charge in [-0.15, -0.1) is 0 Å². The molecule has 2 unspecified atom stereocenters. The lowest BCUT2D eigenvalue weighted by atomic mass is 9.74. The van der Waals surface area contributed by atoms with Crippen molar-refractivity contribution in [3.8, 4) is 0 Å². The maximum Gasteiger partial charge on any atom is 0.347 e. The third-order valence-electron chi connectivity index (χ3n) is 9.76. The molecule has 0 saturated carbocycles. The Morgan fingerprint density at radius 2 is 1.35 bits per heavy atom. The van der Waals surface area contributed by atoms with Gasteiger partial charge in [0.15, 0.2) is 18.0 Å². The Kier molecular flexibility index (Phi) is 15.3. The molecule has 0 spiro atoms. The molecular weight excluding hydrogens is 780 g/mol. The zero-order valence-corrected chi connectivity index (χ0v) is 38.3. The first-order valence-corrected chi connectivity index (χ1v) is 20.4. The number of rotatable bonds is 16. The van der Waals surface area contributed by atoms with Crippen molar-refractivity contribution in [1.82, 2.24) is 0 Å². The van der Waals surface area contributed by atoms with E-state index in [0.717, 1.165) is 5.56 Å². The van der Waals surface area contributed by atoms with Crippen molar-refractivity contribution in [2.75, 3.05) is 7.11 Å². The van der Waals surface area contributed by atoms with E-state index in [-0.39, 0.29) is 18.8 Å². The molecule has 2 aliphatic rings. The molecule has 1 aromatic rings. The molecule has 338 valence electrons. The molecule has 3 rings (SSSR count). The molecule has 15 nitrogen and oxygen atoms in total. The van der Waals surface area contributed by atoms with Gasteiger partial charge in [0.2, 0.25) is 17.5 Å². The molecule has 60 heavy (non-hydrogen) atoms. The van der Waals surface area contributed by atoms with Crippen LogP contribution < -0.4 is 0 Å². The Balaban J connectivity index is 2.46. The van der Waals surface area contributed by atoms with Gasteiger partial charge in [-0.2, -0.15) is 0 Å². The summed E-state index contributed by atoms with van der Waals surface area (Å²) in [6.07, 6.45) is -7.04. The van der Waals surface area contributed by atoms with E-state index in [2.05, 4.69) is 6.58 Å². The van der Waals surface area contributed by atoms with E-state index >= 15 is 4.79 Å². The van der Waals surface area contributed by atoms with Crippen molar-refractivity contribution < 1.29 is 71.7 Å². The first-order chi connectivity index (χ1) is 27.2. The van der Waals surface area contributed by atoms with Gasteiger partial charge in [-0.3, -0.25) is 9.59 Å². The number of ether oxygens (including phenoxy) is 9. The molecule has 2 bridgehead atoms. The van der Waals surface area contributed by atoms with E-state index < -0.39 is 99.8 Å². The summed E-state index contributed by atoms with van der Waals surface area (Å²) in [5.41, 5.74) is -9.12. The molecule has 8 atom stereocenters. The summed E-state index contributed by atoms with van der Waals surface area (Å²) in [5, 5.41) is 13.2. The fourth-order valence-corrected chi connectivity index (χ4v) is 7.07. The molecule has 2 saturated heterocycles. The highest BCUT2D eigenvalue weighted by atomic mass is 16.8. The van der Waals surface area contributed by atoms with Crippen LogP contribution in [0.1, 0.15) is 122 Å². The topological polar surface area (TPSA) is 189 Å². The van der Waals surface area contributed by atoms with Crippen LogP contribution in [-0.2, 0) is 73.0 Å². The van der Waals surface area contributed by atoms with E-state index in [1.165, 1.54) is 83.3 Å². The Hall–Kier alpha value is -3.89. The summed E-state index contributed by atoms with van der Waals surface area (Å²) < 4.78 is 55.0. The van der Waals surface area contributed by atoms with E-state index in [1.807, 2.05) is 37.3 Å². The van der Waals surface area contributed by atoms with Gasteiger partial charge < -0.3 is 47.7 Å². The van der Waals surface area contributed by atoms with E-state index in [1.54, 1.807) is 20.8 Å². The Morgan fingerprint density at radius 1 is 0.817 bits per heavy atom. The molecule has 0 amide bonds. The third kappa shape index (κ3) is 11.5. The lowest BCUT2D eigenvalue weighted by molar-refractivity contribution is -0.387. The smallest absolute Gasteiger partial charge is 0.347 e. The van der Waals surface area contributed by atoms with Crippen LogP contribution in [0.2, 0.25) is 0 Å². The van der Waals surface area contributed by atoms with Crippen LogP contribution in [0.5, 0.6) is 0 Å². The van der Waals surface area contributed by atoms with Crippen molar-refractivity contribution in [1.29, 1.82) is 0 Å². The van der Waals surface area contributed by atoms with Crippen LogP contribution in [-0.4, -0.2) is 106 Å². The molecule has 15 heteroatoms. The minimum atomic E-state index is -3.48. The van der Waals surface area contributed by atoms with Gasteiger partial charge in [0, 0.05) is 26.4 Å². The normalized spacial score (nSPS) is 26.7. The summed E-state index contributed by atoms with van der Waals surface area (Å²) in [4.78, 5) is 70.8. The van der Waals surface area contributed by atoms with Gasteiger partial charge in [-0.1, -0.05) is 57.7 Å². The van der Waals surface area contributed by atoms with Gasteiger partial charge >= 0.3 is 29.8 Å². The van der Waals surface area contributed by atoms with E-state index in [4.69, 9.17) is 42.6 Å². The number of carbonyl (C=O) groups is 5. The Bertz CT molecular complexity index is 1730. The molecule has 0 radical (unpaired) electrons. The van der Waals surface area contributed by atoms with Gasteiger partial charge in [-0.05, 0) is 100 Å². The SMILES string of the molecule is C=C(CC[C@@]12O[C@H](C(=O)OC(C)(C)C)[C@@](O)(C(=O)OC(C)(C)C)[C@@](C(=O)OC(C)(C)C)(O1)[C@H](OC(=O)C(C)C)[C@H]2OC(C)(C)OC)C(OC(C)=O)C(C)Cc1ccccc1. The fourth-order valence-electron chi connectivity index (χ4n) is 7.07. The van der Waals surface area contributed by atoms with Gasteiger partial charge in [-0.25, -0.2) is 14.4 Å². The number of hydrogen-bond donors (Lipinski definition) is 1. The van der Waals surface area contributed by atoms with Gasteiger partial charge in [0.1, 0.15) is 22.9 Å². The predicted octanol–water partition coefficient (Wildman–Crippen LogP) is 6.09. The predicted molar refractivity (Wildman–Crippen MR) is 218 cm³/mol. The van der Waals surface area contributed by atoms with Crippen LogP contribution in [0.3, 0.4) is 0 Å². The number of aliphatic hydroxyl groups is 1. The summed E-state index contributed by atoms with van der Waals surface area (Å²) in [6.45, 7) is 27.4. The minimum Gasteiger partial charge on any atom is -0.458 e. The second-order valence-corrected chi connectivity index (χ2v) is 19.5. The molecule has 2 heterocycles. The van der Waals surface area contributed by atoms with Crippen molar-refractivity contribution in [2.45, 2.75) is 187 Å². The summed E-state index contributed by atoms with van der Waals surface area (Å²) >= 11 is 0. The highest BCUT2D eigenvalue weighted by molar-refractivity contribution is 6.00. The monoisotopic (exact) mass is 848 g/mol. The van der Waals surface area contributed by atoms with Crippen LogP contribution in [0.25, 0.3) is 0 Å². The fraction of sp³-hybridized carbons (Fsp3) is 0.711. The first-order valence-electron chi connectivity index (χ1n) is 20.4. The molecule has 0 aliphatic carbocycles. The molecule has 1 N–H and O–H groups in total. The lowest BCUT2D eigenvalue weighted by Crippen LogP contribution is -2.79. The Labute approximate surface area is 355 Å². The highest BCUT2D eigenvalue weighted by Crippen LogP contribution is 2.59. The van der Waals surface area contributed by atoms with Gasteiger partial charge in [0.25, 0.3) is 5.60 Å². The second kappa shape index (κ2) is 18.2. The number of hydrogen-bond acceptors (Lipinski definition) is 15. The molecule has 2 aliphatic heterocycles. The maximum absolute atomic E-state index is 15.2. The van der Waals surface area contributed by atoms with Crippen molar-refractivity contribution in [3.63, 3.8) is 0 Å². The van der Waals surface area contributed by atoms with Crippen LogP contribution in [0.4, 0.5) is 0 Å². The number of fused-ring (bicyclic) bond motifs is 2. The summed E-state index contributed by atoms with van der Waals surface area (Å²) in [5.74, 6) is -10.8. The van der Waals surface area contributed by atoms with Crippen LogP contribution in [0, 0.1) is 11.8 Å². The average molecular weight is 849 g/mol. The van der Waals surface area contributed by atoms with Crippen molar-refractivity contribution in [3.05, 3.63) is 48.0 Å². The summed E-state index contributed by atoms with van der Waals surface area (Å²) in [6, 6.07) is 9.58. The largest absolute Gasteiger partial charge is 0.458 e. The zero-order valence-electron chi connectivity index (χ0n) is 38.3. The number of methoxy groups -OCH3 is 1. The third-order valence-corrected chi connectivity index (χ3v) is 9.76. The maximum atomic E-state index is 15.2. The zero-order chi connectivity index (χ0) is 46.0. The quantitative estimate of drug-likeness (QED) is 0.0871. The Morgan fingerprint density at radius 3 is 1.83 bits per heavy atom. The number of benzene rings is 1. The van der Waals surface area contributed by atoms with Gasteiger partial charge in [0.05, 0.1) is 5.92 Å². The number of esters is 5. The average Bonchev–Trinajstić information content (AvgIpc) is 3.31. The molecule has 2 fully saturated rings. The molecule has 0 aromatic heterocycles. The second-order valence-electron chi connectivity index (χ2n) is 19.5. The van der Waals surface area contributed by atoms with Crippen molar-refractivity contribution >= 4 is 29.8 Å². The molecular formula is C45H68O15. The van der Waals surface area contributed by atoms with Crippen molar-refractivity contribution in [2.24, 2.45) is 11.8 Å². The summed E-state index contributed by atoms with van der Waals surface area (Å²) in [7, 11) is 1.34. The van der Waals surface area contributed by atoms with Crippen LogP contribution in [0.15, 0.2) is 42.5 Å². The molecule has 1 aromatic carbocycles. The number of carbonyl (C=O) groups excluding carboxylic acids is 5.